The number of fused-ring (bicyclic) bond motifs is 1. The van der Waals surface area contributed by atoms with Crippen molar-refractivity contribution in [2.75, 3.05) is 17.2 Å². The van der Waals surface area contributed by atoms with E-state index >= 15 is 0 Å². The largest absolute Gasteiger partial charge is 0.326 e. The fourth-order valence-corrected chi connectivity index (χ4v) is 5.10. The SMILES string of the molecule is CC(=O)Nc1cccc(NC(=O)c2ccc(S(=O)(=O)N3CCc4ccccc4C3)cc2)c1. The number of rotatable bonds is 5. The first-order chi connectivity index (χ1) is 15.3. The highest BCUT2D eigenvalue weighted by molar-refractivity contribution is 7.89. The van der Waals surface area contributed by atoms with Crippen LogP contribution in [0.1, 0.15) is 28.4 Å². The highest BCUT2D eigenvalue weighted by Crippen LogP contribution is 2.25. The van der Waals surface area contributed by atoms with E-state index in [4.69, 9.17) is 0 Å². The summed E-state index contributed by atoms with van der Waals surface area (Å²) < 4.78 is 27.6. The molecule has 8 heteroatoms. The van der Waals surface area contributed by atoms with E-state index in [0.29, 0.717) is 36.4 Å². The predicted molar refractivity (Wildman–Crippen MR) is 123 cm³/mol. The second-order valence-electron chi connectivity index (χ2n) is 7.60. The number of nitrogens with one attached hydrogen (secondary N) is 2. The highest BCUT2D eigenvalue weighted by atomic mass is 32.2. The fourth-order valence-electron chi connectivity index (χ4n) is 3.68. The van der Waals surface area contributed by atoms with Crippen LogP contribution in [0.4, 0.5) is 11.4 Å². The zero-order valence-electron chi connectivity index (χ0n) is 17.5. The first-order valence-corrected chi connectivity index (χ1v) is 11.6. The van der Waals surface area contributed by atoms with Gasteiger partial charge >= 0.3 is 0 Å². The van der Waals surface area contributed by atoms with E-state index in [1.165, 1.54) is 41.1 Å². The number of hydrogen-bond donors (Lipinski definition) is 2. The molecule has 1 heterocycles. The maximum absolute atomic E-state index is 13.1. The van der Waals surface area contributed by atoms with Gasteiger partial charge in [-0.25, -0.2) is 8.42 Å². The third-order valence-electron chi connectivity index (χ3n) is 5.29. The van der Waals surface area contributed by atoms with Gasteiger partial charge in [-0.2, -0.15) is 4.31 Å². The Bertz CT molecular complexity index is 1270. The summed E-state index contributed by atoms with van der Waals surface area (Å²) in [5, 5.41) is 5.41. The summed E-state index contributed by atoms with van der Waals surface area (Å²) >= 11 is 0. The molecule has 4 rings (SSSR count). The Morgan fingerprint density at radius 3 is 2.19 bits per heavy atom. The first-order valence-electron chi connectivity index (χ1n) is 10.2. The van der Waals surface area contributed by atoms with E-state index < -0.39 is 10.0 Å². The summed E-state index contributed by atoms with van der Waals surface area (Å²) in [4.78, 5) is 23.9. The molecule has 0 fully saturated rings. The standard InChI is InChI=1S/C24H23N3O4S/c1-17(28)25-21-7-4-8-22(15-21)26-24(29)19-9-11-23(12-10-19)32(30,31)27-14-13-18-5-2-3-6-20(18)16-27/h2-12,15H,13-14,16H2,1H3,(H,25,28)(H,26,29). The smallest absolute Gasteiger partial charge is 0.255 e. The van der Waals surface area contributed by atoms with Crippen molar-refractivity contribution in [2.24, 2.45) is 0 Å². The summed E-state index contributed by atoms with van der Waals surface area (Å²) in [5.74, 6) is -0.580. The molecular formula is C24H23N3O4S. The molecule has 1 aliphatic rings. The van der Waals surface area contributed by atoms with Crippen LogP contribution in [0, 0.1) is 0 Å². The molecule has 164 valence electrons. The lowest BCUT2D eigenvalue weighted by atomic mass is 10.0. The van der Waals surface area contributed by atoms with Crippen LogP contribution < -0.4 is 10.6 Å². The summed E-state index contributed by atoms with van der Waals surface area (Å²) in [5.41, 5.74) is 3.61. The van der Waals surface area contributed by atoms with Crippen LogP contribution in [0.5, 0.6) is 0 Å². The van der Waals surface area contributed by atoms with Gasteiger partial charge in [-0.05, 0) is 60.0 Å². The summed E-state index contributed by atoms with van der Waals surface area (Å²) in [7, 11) is -3.66. The van der Waals surface area contributed by atoms with E-state index in [0.717, 1.165) is 5.56 Å². The maximum atomic E-state index is 13.1. The monoisotopic (exact) mass is 449 g/mol. The lowest BCUT2D eigenvalue weighted by molar-refractivity contribution is -0.114. The van der Waals surface area contributed by atoms with Gasteiger partial charge in [0.15, 0.2) is 0 Å². The Morgan fingerprint density at radius 1 is 0.844 bits per heavy atom. The first kappa shape index (κ1) is 21.7. The van der Waals surface area contributed by atoms with Crippen LogP contribution in [-0.2, 0) is 27.8 Å². The molecular weight excluding hydrogens is 426 g/mol. The normalized spacial score (nSPS) is 13.8. The van der Waals surface area contributed by atoms with Crippen molar-refractivity contribution in [2.45, 2.75) is 24.8 Å². The number of nitrogens with zero attached hydrogens (tertiary/aromatic N) is 1. The Kier molecular flexibility index (Phi) is 6.07. The molecule has 3 aromatic carbocycles. The Balaban J connectivity index is 1.47. The Hall–Kier alpha value is -3.49. The predicted octanol–water partition coefficient (Wildman–Crippen LogP) is 3.64. The van der Waals surface area contributed by atoms with Crippen molar-refractivity contribution in [3.05, 3.63) is 89.5 Å². The fraction of sp³-hybridized carbons (Fsp3) is 0.167. The number of benzene rings is 3. The topological polar surface area (TPSA) is 95.6 Å². The number of carbonyl (C=O) groups is 2. The van der Waals surface area contributed by atoms with Crippen molar-refractivity contribution in [3.8, 4) is 0 Å². The van der Waals surface area contributed by atoms with Crippen LogP contribution in [-0.4, -0.2) is 31.1 Å². The van der Waals surface area contributed by atoms with Crippen LogP contribution in [0.15, 0.2) is 77.7 Å². The molecule has 0 unspecified atom stereocenters. The molecule has 0 bridgehead atoms. The second kappa shape index (κ2) is 8.94. The van der Waals surface area contributed by atoms with Crippen LogP contribution in [0.25, 0.3) is 0 Å². The molecule has 0 atom stereocenters. The van der Waals surface area contributed by atoms with Gasteiger partial charge in [0.05, 0.1) is 4.90 Å². The molecule has 0 saturated heterocycles. The number of sulfonamides is 1. The van der Waals surface area contributed by atoms with Crippen molar-refractivity contribution in [3.63, 3.8) is 0 Å². The Labute approximate surface area is 187 Å². The Morgan fingerprint density at radius 2 is 1.50 bits per heavy atom. The molecule has 2 amide bonds. The zero-order chi connectivity index (χ0) is 22.7. The molecule has 2 N–H and O–H groups in total. The minimum absolute atomic E-state index is 0.154. The molecule has 32 heavy (non-hydrogen) atoms. The van der Waals surface area contributed by atoms with Gasteiger partial charge in [-0.15, -0.1) is 0 Å². The van der Waals surface area contributed by atoms with Gasteiger partial charge in [0.25, 0.3) is 5.91 Å². The highest BCUT2D eigenvalue weighted by Gasteiger charge is 2.28. The number of amides is 2. The van der Waals surface area contributed by atoms with Crippen molar-refractivity contribution in [1.29, 1.82) is 0 Å². The van der Waals surface area contributed by atoms with Crippen LogP contribution >= 0.6 is 0 Å². The van der Waals surface area contributed by atoms with E-state index in [9.17, 15) is 18.0 Å². The molecule has 7 nitrogen and oxygen atoms in total. The quantitative estimate of drug-likeness (QED) is 0.622. The summed E-state index contributed by atoms with van der Waals surface area (Å²) in [6.45, 7) is 2.17. The van der Waals surface area contributed by atoms with Crippen LogP contribution in [0.2, 0.25) is 0 Å². The second-order valence-corrected chi connectivity index (χ2v) is 9.54. The minimum Gasteiger partial charge on any atom is -0.326 e. The lowest BCUT2D eigenvalue weighted by Crippen LogP contribution is -2.35. The molecule has 0 spiro atoms. The molecule has 0 aromatic heterocycles. The third kappa shape index (κ3) is 4.71. The van der Waals surface area contributed by atoms with Gasteiger partial charge in [0.1, 0.15) is 0 Å². The van der Waals surface area contributed by atoms with Crippen molar-refractivity contribution < 1.29 is 18.0 Å². The van der Waals surface area contributed by atoms with E-state index in [1.807, 2.05) is 24.3 Å². The van der Waals surface area contributed by atoms with Gasteiger partial charge in [-0.3, -0.25) is 9.59 Å². The summed E-state index contributed by atoms with van der Waals surface area (Å²) in [6.07, 6.45) is 0.674. The van der Waals surface area contributed by atoms with Gasteiger partial charge in [-0.1, -0.05) is 30.3 Å². The number of anilines is 2. The minimum atomic E-state index is -3.66. The third-order valence-corrected chi connectivity index (χ3v) is 7.15. The molecule has 1 aliphatic heterocycles. The average Bonchev–Trinajstić information content (AvgIpc) is 2.78. The van der Waals surface area contributed by atoms with Crippen molar-refractivity contribution in [1.82, 2.24) is 4.31 Å². The zero-order valence-corrected chi connectivity index (χ0v) is 18.4. The molecule has 0 aliphatic carbocycles. The van der Waals surface area contributed by atoms with Crippen LogP contribution in [0.3, 0.4) is 0 Å². The van der Waals surface area contributed by atoms with E-state index in [2.05, 4.69) is 10.6 Å². The molecule has 3 aromatic rings. The lowest BCUT2D eigenvalue weighted by Gasteiger charge is -2.28. The van der Waals surface area contributed by atoms with Gasteiger partial charge in [0.2, 0.25) is 15.9 Å². The van der Waals surface area contributed by atoms with Crippen molar-refractivity contribution >= 4 is 33.2 Å². The van der Waals surface area contributed by atoms with Gasteiger partial charge < -0.3 is 10.6 Å². The molecule has 0 saturated carbocycles. The molecule has 0 radical (unpaired) electrons. The van der Waals surface area contributed by atoms with E-state index in [-0.39, 0.29) is 16.7 Å². The summed E-state index contributed by atoms with van der Waals surface area (Å²) in [6, 6.07) is 20.5. The van der Waals surface area contributed by atoms with Gasteiger partial charge in [0, 0.05) is 37.0 Å². The number of carbonyl (C=O) groups excluding carboxylic acids is 2. The number of hydrogen-bond acceptors (Lipinski definition) is 4. The van der Waals surface area contributed by atoms with E-state index in [1.54, 1.807) is 24.3 Å². The maximum Gasteiger partial charge on any atom is 0.255 e. The average molecular weight is 450 g/mol.